The molecule has 1 atom stereocenters. The van der Waals surface area contributed by atoms with Crippen LogP contribution < -0.4 is 10.1 Å². The van der Waals surface area contributed by atoms with Crippen molar-refractivity contribution < 1.29 is 4.74 Å². The maximum atomic E-state index is 5.10. The monoisotopic (exact) mass is 332 g/mol. The van der Waals surface area contributed by atoms with E-state index in [2.05, 4.69) is 44.5 Å². The summed E-state index contributed by atoms with van der Waals surface area (Å²) >= 11 is 0. The number of benzene rings is 1. The molecule has 0 fully saturated rings. The molecule has 1 N–H and O–H groups in total. The highest BCUT2D eigenvalue weighted by Crippen LogP contribution is 2.24. The first-order valence-electron chi connectivity index (χ1n) is 8.48. The minimum absolute atomic E-state index is 0.360. The lowest BCUT2D eigenvalue weighted by Crippen LogP contribution is -2.28. The highest BCUT2D eigenvalue weighted by Gasteiger charge is 2.18. The number of aromatic nitrogens is 3. The average molecular weight is 332 g/mol. The minimum Gasteiger partial charge on any atom is -0.481 e. The maximum absolute atomic E-state index is 5.10. The first-order valence-corrected chi connectivity index (χ1v) is 8.48. The van der Waals surface area contributed by atoms with Gasteiger partial charge in [0.05, 0.1) is 12.8 Å². The molecule has 0 radical (unpaired) electrons. The zero-order chi connectivity index (χ0) is 17.1. The van der Waals surface area contributed by atoms with Crippen LogP contribution in [0.25, 0.3) is 11.3 Å². The molecule has 1 aromatic carbocycles. The number of methoxy groups -OCH3 is 1. The quantitative estimate of drug-likeness (QED) is 0.792. The van der Waals surface area contributed by atoms with Crippen molar-refractivity contribution in [1.82, 2.24) is 15.0 Å². The molecule has 0 saturated heterocycles. The van der Waals surface area contributed by atoms with E-state index in [4.69, 9.17) is 4.74 Å². The number of fused-ring (bicyclic) bond motifs is 1. The van der Waals surface area contributed by atoms with Gasteiger partial charge in [0.25, 0.3) is 0 Å². The number of nitrogens with one attached hydrogen (secondary N) is 1. The summed E-state index contributed by atoms with van der Waals surface area (Å²) < 4.78 is 5.10. The van der Waals surface area contributed by atoms with Gasteiger partial charge in [0.2, 0.25) is 11.8 Å². The summed E-state index contributed by atoms with van der Waals surface area (Å²) in [6.45, 7) is 0. The van der Waals surface area contributed by atoms with Crippen LogP contribution in [0.2, 0.25) is 0 Å². The van der Waals surface area contributed by atoms with E-state index in [0.29, 0.717) is 17.9 Å². The van der Waals surface area contributed by atoms with Crippen LogP contribution in [0.3, 0.4) is 0 Å². The molecule has 1 aliphatic rings. The molecule has 25 heavy (non-hydrogen) atoms. The van der Waals surface area contributed by atoms with Crippen LogP contribution in [-0.4, -0.2) is 28.1 Å². The fourth-order valence-corrected chi connectivity index (χ4v) is 3.25. The Morgan fingerprint density at radius 2 is 1.92 bits per heavy atom. The highest BCUT2D eigenvalue weighted by molar-refractivity contribution is 5.59. The van der Waals surface area contributed by atoms with Crippen LogP contribution in [0.5, 0.6) is 5.88 Å². The lowest BCUT2D eigenvalue weighted by Gasteiger charge is -2.25. The van der Waals surface area contributed by atoms with E-state index in [0.717, 1.165) is 30.5 Å². The number of aryl methyl sites for hydroxylation is 1. The molecule has 5 nitrogen and oxygen atoms in total. The van der Waals surface area contributed by atoms with Gasteiger partial charge in [-0.25, -0.2) is 15.0 Å². The van der Waals surface area contributed by atoms with Crippen LogP contribution in [0.15, 0.2) is 54.9 Å². The van der Waals surface area contributed by atoms with E-state index in [1.165, 1.54) is 11.1 Å². The molecular weight excluding hydrogens is 312 g/mol. The molecule has 0 bridgehead atoms. The second-order valence-electron chi connectivity index (χ2n) is 6.21. The number of rotatable bonds is 4. The van der Waals surface area contributed by atoms with Gasteiger partial charge in [-0.3, -0.25) is 0 Å². The molecule has 1 unspecified atom stereocenters. The van der Waals surface area contributed by atoms with Crippen molar-refractivity contribution in [1.29, 1.82) is 0 Å². The Balaban J connectivity index is 1.50. The predicted octanol–water partition coefficient (Wildman–Crippen LogP) is 3.52. The summed E-state index contributed by atoms with van der Waals surface area (Å²) in [5.74, 6) is 1.26. The fraction of sp³-hybridized carbons (Fsp3) is 0.250. The van der Waals surface area contributed by atoms with E-state index in [1.807, 2.05) is 18.2 Å². The van der Waals surface area contributed by atoms with Crippen LogP contribution in [0, 0.1) is 0 Å². The van der Waals surface area contributed by atoms with Crippen molar-refractivity contribution in [2.75, 3.05) is 12.4 Å². The molecule has 2 heterocycles. The van der Waals surface area contributed by atoms with E-state index >= 15 is 0 Å². The Morgan fingerprint density at radius 1 is 1.04 bits per heavy atom. The Hall–Kier alpha value is -2.95. The normalized spacial score (nSPS) is 16.1. The second-order valence-corrected chi connectivity index (χ2v) is 6.21. The zero-order valence-electron chi connectivity index (χ0n) is 14.1. The van der Waals surface area contributed by atoms with Crippen molar-refractivity contribution in [2.24, 2.45) is 0 Å². The van der Waals surface area contributed by atoms with Crippen molar-refractivity contribution in [2.45, 2.75) is 25.3 Å². The molecule has 0 saturated carbocycles. The largest absolute Gasteiger partial charge is 0.481 e. The van der Waals surface area contributed by atoms with Gasteiger partial charge >= 0.3 is 0 Å². The molecule has 1 aliphatic carbocycles. The molecule has 0 spiro atoms. The third kappa shape index (κ3) is 3.45. The van der Waals surface area contributed by atoms with Crippen molar-refractivity contribution in [3.05, 3.63) is 66.0 Å². The van der Waals surface area contributed by atoms with Crippen LogP contribution in [0.4, 0.5) is 5.95 Å². The standard InChI is InChI=1S/C20H20N4O/c1-25-19-9-7-16(13-22-19)18-10-11-21-20(24-18)23-17-8-6-14-4-2-3-5-15(14)12-17/h2-5,7,9-11,13,17H,6,8,12H2,1H3,(H,21,23,24). The molecule has 126 valence electrons. The Morgan fingerprint density at radius 3 is 2.72 bits per heavy atom. The zero-order valence-corrected chi connectivity index (χ0v) is 14.1. The van der Waals surface area contributed by atoms with Crippen LogP contribution >= 0.6 is 0 Å². The molecule has 5 heteroatoms. The number of hydrogen-bond acceptors (Lipinski definition) is 5. The van der Waals surface area contributed by atoms with E-state index in [9.17, 15) is 0 Å². The molecule has 4 rings (SSSR count). The summed E-state index contributed by atoms with van der Waals surface area (Å²) in [5, 5.41) is 3.49. The smallest absolute Gasteiger partial charge is 0.223 e. The van der Waals surface area contributed by atoms with Gasteiger partial charge < -0.3 is 10.1 Å². The number of pyridine rings is 1. The first kappa shape index (κ1) is 15.6. The van der Waals surface area contributed by atoms with Gasteiger partial charge in [0, 0.05) is 30.1 Å². The summed E-state index contributed by atoms with van der Waals surface area (Å²) in [6, 6.07) is 14.7. The molecule has 3 aromatic rings. The van der Waals surface area contributed by atoms with Gasteiger partial charge in [-0.1, -0.05) is 24.3 Å². The Bertz CT molecular complexity index is 864. The van der Waals surface area contributed by atoms with Crippen LogP contribution in [0.1, 0.15) is 17.5 Å². The van der Waals surface area contributed by atoms with Gasteiger partial charge in [-0.05, 0) is 42.5 Å². The molecule has 0 amide bonds. The third-order valence-electron chi connectivity index (χ3n) is 4.58. The fourth-order valence-electron chi connectivity index (χ4n) is 3.25. The molecular formula is C20H20N4O. The summed E-state index contributed by atoms with van der Waals surface area (Å²) in [5.41, 5.74) is 4.67. The second kappa shape index (κ2) is 6.89. The lowest BCUT2D eigenvalue weighted by atomic mass is 9.88. The Kier molecular flexibility index (Phi) is 4.29. The van der Waals surface area contributed by atoms with Gasteiger partial charge in [-0.2, -0.15) is 0 Å². The van der Waals surface area contributed by atoms with Crippen molar-refractivity contribution in [3.8, 4) is 17.1 Å². The SMILES string of the molecule is COc1ccc(-c2ccnc(NC3CCc4ccccc4C3)n2)cn1. The summed E-state index contributed by atoms with van der Waals surface area (Å²) in [6.07, 6.45) is 6.74. The number of hydrogen-bond donors (Lipinski definition) is 1. The van der Waals surface area contributed by atoms with Crippen molar-refractivity contribution in [3.63, 3.8) is 0 Å². The predicted molar refractivity (Wildman–Crippen MR) is 97.7 cm³/mol. The minimum atomic E-state index is 0.360. The van der Waals surface area contributed by atoms with E-state index in [1.54, 1.807) is 19.5 Å². The average Bonchev–Trinajstić information content (AvgIpc) is 2.68. The van der Waals surface area contributed by atoms with Gasteiger partial charge in [-0.15, -0.1) is 0 Å². The molecule has 0 aliphatic heterocycles. The van der Waals surface area contributed by atoms with E-state index in [-0.39, 0.29) is 0 Å². The third-order valence-corrected chi connectivity index (χ3v) is 4.58. The van der Waals surface area contributed by atoms with Crippen molar-refractivity contribution >= 4 is 5.95 Å². The van der Waals surface area contributed by atoms with Gasteiger partial charge in [0.15, 0.2) is 0 Å². The maximum Gasteiger partial charge on any atom is 0.223 e. The van der Waals surface area contributed by atoms with E-state index < -0.39 is 0 Å². The Labute approximate surface area is 147 Å². The lowest BCUT2D eigenvalue weighted by molar-refractivity contribution is 0.398. The topological polar surface area (TPSA) is 59.9 Å². The first-order chi connectivity index (χ1) is 12.3. The number of anilines is 1. The highest BCUT2D eigenvalue weighted by atomic mass is 16.5. The van der Waals surface area contributed by atoms with Gasteiger partial charge in [0.1, 0.15) is 0 Å². The number of nitrogens with zero attached hydrogens (tertiary/aromatic N) is 3. The summed E-state index contributed by atoms with van der Waals surface area (Å²) in [7, 11) is 1.61. The molecule has 2 aromatic heterocycles. The summed E-state index contributed by atoms with van der Waals surface area (Å²) in [4.78, 5) is 13.3. The van der Waals surface area contributed by atoms with Crippen LogP contribution in [-0.2, 0) is 12.8 Å². The number of ether oxygens (including phenoxy) is 1.